The molecule has 1 aromatic carbocycles. The summed E-state index contributed by atoms with van der Waals surface area (Å²) in [4.78, 5) is 18.3. The largest absolute Gasteiger partial charge is 0.338 e. The molecule has 0 saturated carbocycles. The van der Waals surface area contributed by atoms with Gasteiger partial charge in [0.05, 0.1) is 11.7 Å². The lowest BCUT2D eigenvalue weighted by Crippen LogP contribution is -2.41. The quantitative estimate of drug-likeness (QED) is 0.878. The number of likely N-dealkylation sites (tertiary alicyclic amines) is 1. The van der Waals surface area contributed by atoms with Gasteiger partial charge in [0.1, 0.15) is 5.82 Å². The fraction of sp³-hybridized carbons (Fsp3) is 0.368. The first-order valence-corrected chi connectivity index (χ1v) is 8.62. The monoisotopic (exact) mass is 342 g/mol. The molecule has 2 amide bonds. The molecule has 2 aromatic rings. The molecule has 3 rings (SSSR count). The Kier molecular flexibility index (Phi) is 5.60. The number of aromatic nitrogens is 1. The molecule has 0 aliphatic carbocycles. The standard InChI is InChI=1S/C19H23FN4O/c1-2-21-19(25)24-12-10-16(13-24)23-18(17-5-3-4-11-22-17)14-6-8-15(20)9-7-14/h3-9,11,16,18,23H,2,10,12-13H2,1H3,(H,21,25). The van der Waals surface area contributed by atoms with E-state index in [1.54, 1.807) is 18.3 Å². The Bertz CT molecular complexity index is 692. The minimum Gasteiger partial charge on any atom is -0.338 e. The van der Waals surface area contributed by atoms with Crippen molar-refractivity contribution in [1.82, 2.24) is 20.5 Å². The Hall–Kier alpha value is -2.47. The molecule has 1 aliphatic rings. The lowest BCUT2D eigenvalue weighted by Gasteiger charge is -2.23. The fourth-order valence-corrected chi connectivity index (χ4v) is 3.13. The van der Waals surface area contributed by atoms with Crippen LogP contribution in [0.3, 0.4) is 0 Å². The molecule has 0 radical (unpaired) electrons. The number of carbonyl (C=O) groups excluding carboxylic acids is 1. The Morgan fingerprint density at radius 2 is 2.12 bits per heavy atom. The minimum atomic E-state index is -0.258. The normalized spacial score (nSPS) is 18.2. The number of nitrogens with zero attached hydrogens (tertiary/aromatic N) is 2. The lowest BCUT2D eigenvalue weighted by molar-refractivity contribution is 0.208. The van der Waals surface area contributed by atoms with E-state index in [4.69, 9.17) is 0 Å². The molecular weight excluding hydrogens is 319 g/mol. The smallest absolute Gasteiger partial charge is 0.317 e. The number of hydrogen-bond donors (Lipinski definition) is 2. The van der Waals surface area contributed by atoms with Gasteiger partial charge in [-0.1, -0.05) is 18.2 Å². The van der Waals surface area contributed by atoms with Crippen molar-refractivity contribution in [2.24, 2.45) is 0 Å². The van der Waals surface area contributed by atoms with Gasteiger partial charge in [-0.05, 0) is 43.2 Å². The van der Waals surface area contributed by atoms with E-state index in [9.17, 15) is 9.18 Å². The first kappa shape index (κ1) is 17.4. The molecule has 2 atom stereocenters. The highest BCUT2D eigenvalue weighted by Gasteiger charge is 2.28. The number of pyridine rings is 1. The number of nitrogens with one attached hydrogen (secondary N) is 2. The van der Waals surface area contributed by atoms with E-state index in [2.05, 4.69) is 15.6 Å². The molecule has 5 nitrogen and oxygen atoms in total. The summed E-state index contributed by atoms with van der Waals surface area (Å²) < 4.78 is 13.3. The molecule has 1 fully saturated rings. The predicted molar refractivity (Wildman–Crippen MR) is 94.7 cm³/mol. The highest BCUT2D eigenvalue weighted by molar-refractivity contribution is 5.74. The Morgan fingerprint density at radius 3 is 2.80 bits per heavy atom. The predicted octanol–water partition coefficient (Wildman–Crippen LogP) is 2.70. The van der Waals surface area contributed by atoms with Gasteiger partial charge < -0.3 is 15.5 Å². The summed E-state index contributed by atoms with van der Waals surface area (Å²) in [6, 6.07) is 12.2. The first-order valence-electron chi connectivity index (χ1n) is 8.62. The number of halogens is 1. The average Bonchev–Trinajstić information content (AvgIpc) is 3.10. The van der Waals surface area contributed by atoms with Gasteiger partial charge in [0.2, 0.25) is 0 Å². The third kappa shape index (κ3) is 4.33. The minimum absolute atomic E-state index is 0.0250. The van der Waals surface area contributed by atoms with Gasteiger partial charge in [0.25, 0.3) is 0 Å². The molecule has 2 N–H and O–H groups in total. The molecule has 1 aliphatic heterocycles. The van der Waals surface area contributed by atoms with Crippen LogP contribution in [-0.4, -0.2) is 41.6 Å². The Balaban J connectivity index is 1.75. The number of benzene rings is 1. The third-order valence-electron chi connectivity index (χ3n) is 4.39. The SMILES string of the molecule is CCNC(=O)N1CCC(NC(c2ccc(F)cc2)c2ccccn2)C1. The molecule has 6 heteroatoms. The number of hydrogen-bond acceptors (Lipinski definition) is 3. The molecule has 25 heavy (non-hydrogen) atoms. The van der Waals surface area contributed by atoms with Crippen LogP contribution in [0.5, 0.6) is 0 Å². The van der Waals surface area contributed by atoms with Gasteiger partial charge in [-0.2, -0.15) is 0 Å². The Labute approximate surface area is 147 Å². The molecule has 132 valence electrons. The fourth-order valence-electron chi connectivity index (χ4n) is 3.13. The molecule has 1 aromatic heterocycles. The highest BCUT2D eigenvalue weighted by atomic mass is 19.1. The van der Waals surface area contributed by atoms with Crippen molar-refractivity contribution in [2.45, 2.75) is 25.4 Å². The van der Waals surface area contributed by atoms with Crippen LogP contribution in [0.15, 0.2) is 48.7 Å². The van der Waals surface area contributed by atoms with Crippen LogP contribution < -0.4 is 10.6 Å². The van der Waals surface area contributed by atoms with Gasteiger partial charge in [-0.25, -0.2) is 9.18 Å². The summed E-state index contributed by atoms with van der Waals surface area (Å²) in [5.74, 6) is -0.258. The van der Waals surface area contributed by atoms with Gasteiger partial charge in [0, 0.05) is 31.9 Å². The molecule has 2 unspecified atom stereocenters. The topological polar surface area (TPSA) is 57.3 Å². The van der Waals surface area contributed by atoms with Crippen molar-refractivity contribution in [3.63, 3.8) is 0 Å². The van der Waals surface area contributed by atoms with Crippen molar-refractivity contribution >= 4 is 6.03 Å². The van der Waals surface area contributed by atoms with Crippen LogP contribution in [0.1, 0.15) is 30.6 Å². The number of amides is 2. The lowest BCUT2D eigenvalue weighted by atomic mass is 10.0. The number of urea groups is 1. The number of carbonyl (C=O) groups is 1. The summed E-state index contributed by atoms with van der Waals surface area (Å²) in [7, 11) is 0. The van der Waals surface area contributed by atoms with E-state index in [1.165, 1.54) is 12.1 Å². The van der Waals surface area contributed by atoms with Crippen molar-refractivity contribution in [3.8, 4) is 0 Å². The van der Waals surface area contributed by atoms with E-state index in [0.29, 0.717) is 13.1 Å². The highest BCUT2D eigenvalue weighted by Crippen LogP contribution is 2.23. The van der Waals surface area contributed by atoms with Crippen molar-refractivity contribution < 1.29 is 9.18 Å². The second-order valence-corrected chi connectivity index (χ2v) is 6.17. The van der Waals surface area contributed by atoms with Crippen molar-refractivity contribution in [2.75, 3.05) is 19.6 Å². The van der Waals surface area contributed by atoms with Crippen LogP contribution in [0.2, 0.25) is 0 Å². The van der Waals surface area contributed by atoms with Gasteiger partial charge in [-0.3, -0.25) is 4.98 Å². The van der Waals surface area contributed by atoms with E-state index in [0.717, 1.165) is 24.2 Å². The van der Waals surface area contributed by atoms with Crippen LogP contribution >= 0.6 is 0 Å². The van der Waals surface area contributed by atoms with Gasteiger partial charge >= 0.3 is 6.03 Å². The van der Waals surface area contributed by atoms with E-state index < -0.39 is 0 Å². The van der Waals surface area contributed by atoms with Gasteiger partial charge in [-0.15, -0.1) is 0 Å². The molecule has 0 spiro atoms. The third-order valence-corrected chi connectivity index (χ3v) is 4.39. The summed E-state index contributed by atoms with van der Waals surface area (Å²) in [6.07, 6.45) is 2.63. The first-order chi connectivity index (χ1) is 12.2. The van der Waals surface area contributed by atoms with Crippen LogP contribution in [-0.2, 0) is 0 Å². The Morgan fingerprint density at radius 1 is 1.32 bits per heavy atom. The summed E-state index contributed by atoms with van der Waals surface area (Å²) >= 11 is 0. The molecular formula is C19H23FN4O. The van der Waals surface area contributed by atoms with Crippen LogP contribution in [0.4, 0.5) is 9.18 Å². The maximum Gasteiger partial charge on any atom is 0.317 e. The van der Waals surface area contributed by atoms with E-state index in [-0.39, 0.29) is 23.9 Å². The summed E-state index contributed by atoms with van der Waals surface area (Å²) in [5, 5.41) is 6.42. The van der Waals surface area contributed by atoms with Crippen molar-refractivity contribution in [3.05, 3.63) is 65.7 Å². The van der Waals surface area contributed by atoms with Crippen LogP contribution in [0.25, 0.3) is 0 Å². The van der Waals surface area contributed by atoms with E-state index in [1.807, 2.05) is 30.0 Å². The maximum atomic E-state index is 13.3. The molecule has 1 saturated heterocycles. The van der Waals surface area contributed by atoms with Crippen molar-refractivity contribution in [1.29, 1.82) is 0 Å². The zero-order chi connectivity index (χ0) is 17.6. The summed E-state index contributed by atoms with van der Waals surface area (Å²) in [6.45, 7) is 3.91. The zero-order valence-corrected chi connectivity index (χ0v) is 14.3. The maximum absolute atomic E-state index is 13.3. The average molecular weight is 342 g/mol. The summed E-state index contributed by atoms with van der Waals surface area (Å²) in [5.41, 5.74) is 1.84. The molecule has 2 heterocycles. The van der Waals surface area contributed by atoms with Crippen LogP contribution in [0, 0.1) is 5.82 Å². The second-order valence-electron chi connectivity index (χ2n) is 6.17. The number of rotatable bonds is 5. The molecule has 0 bridgehead atoms. The van der Waals surface area contributed by atoms with E-state index >= 15 is 0 Å². The second kappa shape index (κ2) is 8.07. The zero-order valence-electron chi connectivity index (χ0n) is 14.3. The van der Waals surface area contributed by atoms with Gasteiger partial charge in [0.15, 0.2) is 0 Å².